The Bertz CT molecular complexity index is 1270. The molecule has 4 aromatic rings. The lowest BCUT2D eigenvalue weighted by atomic mass is 10.1. The molecule has 0 aliphatic rings. The Morgan fingerprint density at radius 2 is 1.69 bits per heavy atom. The minimum Gasteiger partial charge on any atom is -0.493 e. The summed E-state index contributed by atoms with van der Waals surface area (Å²) in [6.07, 6.45) is 1.79. The Morgan fingerprint density at radius 1 is 1.03 bits per heavy atom. The van der Waals surface area contributed by atoms with E-state index in [1.54, 1.807) is 30.3 Å². The van der Waals surface area contributed by atoms with E-state index in [4.69, 9.17) is 25.8 Å². The molecule has 0 unspecified atom stereocenters. The number of nitrogens with zero attached hydrogens (tertiary/aromatic N) is 3. The number of methoxy groups -OCH3 is 3. The second-order valence-corrected chi connectivity index (χ2v) is 7.46. The smallest absolute Gasteiger partial charge is 0.291 e. The maximum Gasteiger partial charge on any atom is 0.291 e. The lowest BCUT2D eigenvalue weighted by Gasteiger charge is -2.12. The Hall–Kier alpha value is -3.10. The van der Waals surface area contributed by atoms with Crippen LogP contribution in [0, 0.1) is 0 Å². The van der Waals surface area contributed by atoms with Gasteiger partial charge in [-0.15, -0.1) is 5.10 Å². The summed E-state index contributed by atoms with van der Waals surface area (Å²) in [6.45, 7) is 0. The van der Waals surface area contributed by atoms with Gasteiger partial charge in [-0.05, 0) is 35.9 Å². The van der Waals surface area contributed by atoms with Gasteiger partial charge in [-0.2, -0.15) is 9.50 Å². The van der Waals surface area contributed by atoms with E-state index in [0.717, 1.165) is 5.56 Å². The van der Waals surface area contributed by atoms with Crippen LogP contribution < -0.4 is 24.3 Å². The third-order valence-electron chi connectivity index (χ3n) is 4.27. The molecule has 0 radical (unpaired) electrons. The van der Waals surface area contributed by atoms with Crippen LogP contribution in [0.15, 0.2) is 41.2 Å². The maximum absolute atomic E-state index is 12.7. The predicted molar refractivity (Wildman–Crippen MR) is 112 cm³/mol. The number of hydrogen-bond acceptors (Lipinski definition) is 7. The SMILES string of the molecule is COc1cc(-c2nc3s/c(=C/c4ccc(Cl)cc4)c(=O)n3n2)cc(OC)c1OC. The van der Waals surface area contributed by atoms with Gasteiger partial charge >= 0.3 is 0 Å². The minimum atomic E-state index is -0.230. The van der Waals surface area contributed by atoms with Crippen molar-refractivity contribution in [2.75, 3.05) is 21.3 Å². The van der Waals surface area contributed by atoms with Crippen molar-refractivity contribution in [1.29, 1.82) is 0 Å². The highest BCUT2D eigenvalue weighted by molar-refractivity contribution is 7.15. The van der Waals surface area contributed by atoms with Gasteiger partial charge < -0.3 is 14.2 Å². The van der Waals surface area contributed by atoms with Crippen molar-refractivity contribution in [3.05, 3.63) is 61.9 Å². The number of hydrogen-bond donors (Lipinski definition) is 0. The highest BCUT2D eigenvalue weighted by atomic mass is 35.5. The van der Waals surface area contributed by atoms with Gasteiger partial charge in [0.15, 0.2) is 17.3 Å². The molecule has 9 heteroatoms. The molecule has 0 spiro atoms. The van der Waals surface area contributed by atoms with Gasteiger partial charge in [-0.3, -0.25) is 4.79 Å². The molecule has 2 heterocycles. The van der Waals surface area contributed by atoms with Crippen molar-refractivity contribution in [3.8, 4) is 28.6 Å². The molecule has 4 rings (SSSR count). The zero-order valence-electron chi connectivity index (χ0n) is 15.8. The first-order valence-corrected chi connectivity index (χ1v) is 9.70. The van der Waals surface area contributed by atoms with Crippen LogP contribution >= 0.6 is 22.9 Å². The molecule has 2 aromatic carbocycles. The molecule has 2 aromatic heterocycles. The summed E-state index contributed by atoms with van der Waals surface area (Å²) in [4.78, 5) is 17.7. The Balaban J connectivity index is 1.80. The summed E-state index contributed by atoms with van der Waals surface area (Å²) in [5.41, 5.74) is 1.30. The van der Waals surface area contributed by atoms with Gasteiger partial charge in [-0.1, -0.05) is 35.1 Å². The molecule has 0 aliphatic carbocycles. The van der Waals surface area contributed by atoms with E-state index in [1.165, 1.54) is 37.2 Å². The van der Waals surface area contributed by atoms with Crippen molar-refractivity contribution in [1.82, 2.24) is 14.6 Å². The molecule has 0 atom stereocenters. The molecule has 0 aliphatic heterocycles. The number of halogens is 1. The highest BCUT2D eigenvalue weighted by Gasteiger charge is 2.18. The van der Waals surface area contributed by atoms with Crippen LogP contribution in [0.2, 0.25) is 5.02 Å². The van der Waals surface area contributed by atoms with Crippen molar-refractivity contribution in [2.24, 2.45) is 0 Å². The van der Waals surface area contributed by atoms with Crippen molar-refractivity contribution in [2.45, 2.75) is 0 Å². The first kappa shape index (κ1) is 19.2. The van der Waals surface area contributed by atoms with Crippen LogP contribution in [0.4, 0.5) is 0 Å². The molecule has 0 saturated carbocycles. The molecule has 0 N–H and O–H groups in total. The summed E-state index contributed by atoms with van der Waals surface area (Å²) >= 11 is 7.17. The normalized spacial score (nSPS) is 11.8. The van der Waals surface area contributed by atoms with Crippen molar-refractivity contribution < 1.29 is 14.2 Å². The summed E-state index contributed by atoms with van der Waals surface area (Å²) in [6, 6.07) is 10.7. The first-order chi connectivity index (χ1) is 14.0. The molecule has 29 heavy (non-hydrogen) atoms. The third kappa shape index (κ3) is 3.52. The molecular formula is C20H16ClN3O4S. The van der Waals surface area contributed by atoms with E-state index in [1.807, 2.05) is 12.1 Å². The van der Waals surface area contributed by atoms with Gasteiger partial charge in [0.1, 0.15) is 0 Å². The van der Waals surface area contributed by atoms with Crippen LogP contribution in [0.25, 0.3) is 22.4 Å². The van der Waals surface area contributed by atoms with Gasteiger partial charge in [0.2, 0.25) is 10.7 Å². The predicted octanol–water partition coefficient (Wildman–Crippen LogP) is 3.04. The standard InChI is InChI=1S/C20H16ClN3O4S/c1-26-14-9-12(10-15(27-2)17(14)28-3)18-22-20-24(23-18)19(25)16(29-20)8-11-4-6-13(21)7-5-11/h4-10H,1-3H3/b16-8+. The Labute approximate surface area is 174 Å². The summed E-state index contributed by atoms with van der Waals surface area (Å²) < 4.78 is 17.9. The Kier molecular flexibility index (Phi) is 5.12. The van der Waals surface area contributed by atoms with E-state index in [0.29, 0.717) is 43.2 Å². The molecule has 0 saturated heterocycles. The summed E-state index contributed by atoms with van der Waals surface area (Å²) in [5.74, 6) is 1.84. The monoisotopic (exact) mass is 429 g/mol. The van der Waals surface area contributed by atoms with Gasteiger partial charge in [0.25, 0.3) is 5.56 Å². The summed E-state index contributed by atoms with van der Waals surface area (Å²) in [7, 11) is 4.61. The van der Waals surface area contributed by atoms with Crippen LogP contribution in [0.3, 0.4) is 0 Å². The summed E-state index contributed by atoms with van der Waals surface area (Å²) in [5, 5.41) is 5.02. The average molecular weight is 430 g/mol. The molecule has 0 bridgehead atoms. The van der Waals surface area contributed by atoms with Crippen molar-refractivity contribution in [3.63, 3.8) is 0 Å². The van der Waals surface area contributed by atoms with Gasteiger partial charge in [0, 0.05) is 10.6 Å². The van der Waals surface area contributed by atoms with Gasteiger partial charge in [-0.25, -0.2) is 0 Å². The minimum absolute atomic E-state index is 0.230. The molecule has 148 valence electrons. The second-order valence-electron chi connectivity index (χ2n) is 6.01. The van der Waals surface area contributed by atoms with E-state index in [-0.39, 0.29) is 5.56 Å². The first-order valence-electron chi connectivity index (χ1n) is 8.51. The fraction of sp³-hybridized carbons (Fsp3) is 0.150. The Morgan fingerprint density at radius 3 is 2.24 bits per heavy atom. The van der Waals surface area contributed by atoms with E-state index >= 15 is 0 Å². The highest BCUT2D eigenvalue weighted by Crippen LogP contribution is 2.40. The number of aromatic nitrogens is 3. The van der Waals surface area contributed by atoms with E-state index in [2.05, 4.69) is 10.1 Å². The van der Waals surface area contributed by atoms with E-state index < -0.39 is 0 Å². The van der Waals surface area contributed by atoms with Crippen molar-refractivity contribution >= 4 is 34.0 Å². The average Bonchev–Trinajstić information content (AvgIpc) is 3.28. The topological polar surface area (TPSA) is 75.0 Å². The van der Waals surface area contributed by atoms with Crippen LogP contribution in [-0.4, -0.2) is 35.9 Å². The zero-order valence-corrected chi connectivity index (χ0v) is 17.4. The number of thiazole rings is 1. The van der Waals surface area contributed by atoms with E-state index in [9.17, 15) is 4.79 Å². The molecular weight excluding hydrogens is 414 g/mol. The van der Waals surface area contributed by atoms with Crippen LogP contribution in [0.1, 0.15) is 5.56 Å². The number of ether oxygens (including phenoxy) is 3. The lowest BCUT2D eigenvalue weighted by molar-refractivity contribution is 0.324. The van der Waals surface area contributed by atoms with Gasteiger partial charge in [0.05, 0.1) is 25.9 Å². The quantitative estimate of drug-likeness (QED) is 0.485. The second kappa shape index (κ2) is 7.73. The third-order valence-corrected chi connectivity index (χ3v) is 5.48. The zero-order chi connectivity index (χ0) is 20.5. The van der Waals surface area contributed by atoms with Crippen LogP contribution in [0.5, 0.6) is 17.2 Å². The lowest BCUT2D eigenvalue weighted by Crippen LogP contribution is -2.23. The van der Waals surface area contributed by atoms with Crippen LogP contribution in [-0.2, 0) is 0 Å². The fourth-order valence-corrected chi connectivity index (χ4v) is 3.91. The number of fused-ring (bicyclic) bond motifs is 1. The fourth-order valence-electron chi connectivity index (χ4n) is 2.88. The molecule has 7 nitrogen and oxygen atoms in total. The maximum atomic E-state index is 12.7. The number of benzene rings is 2. The molecule has 0 fully saturated rings. The largest absolute Gasteiger partial charge is 0.493 e. The number of rotatable bonds is 5. The molecule has 0 amide bonds.